The summed E-state index contributed by atoms with van der Waals surface area (Å²) in [6.45, 7) is 0.700. The van der Waals surface area contributed by atoms with Gasteiger partial charge in [0.15, 0.2) is 0 Å². The zero-order valence-corrected chi connectivity index (χ0v) is 12.0. The molecule has 0 aromatic heterocycles. The highest BCUT2D eigenvalue weighted by Crippen LogP contribution is 2.37. The zero-order chi connectivity index (χ0) is 14.9. The van der Waals surface area contributed by atoms with Crippen molar-refractivity contribution in [3.8, 4) is 0 Å². The highest BCUT2D eigenvalue weighted by molar-refractivity contribution is 9.10. The van der Waals surface area contributed by atoms with Crippen molar-refractivity contribution in [1.29, 1.82) is 0 Å². The van der Waals surface area contributed by atoms with Crippen molar-refractivity contribution < 1.29 is 23.1 Å². The van der Waals surface area contributed by atoms with Crippen LogP contribution in [0, 0.1) is 0 Å². The second-order valence-electron chi connectivity index (χ2n) is 4.78. The van der Waals surface area contributed by atoms with Crippen molar-refractivity contribution in [3.63, 3.8) is 0 Å². The van der Waals surface area contributed by atoms with Crippen LogP contribution in [0.4, 0.5) is 18.0 Å². The first-order valence-electron chi connectivity index (χ1n) is 6.13. The molecule has 1 aliphatic rings. The molecule has 3 nitrogen and oxygen atoms in total. The Morgan fingerprint density at radius 3 is 2.40 bits per heavy atom. The number of halogens is 4. The van der Waals surface area contributed by atoms with Gasteiger partial charge in [0.05, 0.1) is 5.56 Å². The molecule has 0 saturated carbocycles. The third-order valence-electron chi connectivity index (χ3n) is 3.53. The summed E-state index contributed by atoms with van der Waals surface area (Å²) in [5.41, 5.74) is -0.0683. The summed E-state index contributed by atoms with van der Waals surface area (Å²) in [5, 5.41) is 8.87. The lowest BCUT2D eigenvalue weighted by atomic mass is 9.88. The maximum absolute atomic E-state index is 12.7. The number of likely N-dealkylation sites (tertiary alicyclic amines) is 1. The van der Waals surface area contributed by atoms with Crippen LogP contribution in [0.25, 0.3) is 0 Å². The topological polar surface area (TPSA) is 40.5 Å². The van der Waals surface area contributed by atoms with Gasteiger partial charge in [0.1, 0.15) is 0 Å². The lowest BCUT2D eigenvalue weighted by Crippen LogP contribution is -2.36. The molecule has 0 radical (unpaired) electrons. The van der Waals surface area contributed by atoms with Crippen LogP contribution in [-0.4, -0.2) is 29.2 Å². The Hall–Kier alpha value is -1.24. The van der Waals surface area contributed by atoms with E-state index in [0.717, 1.165) is 12.1 Å². The molecule has 1 aliphatic heterocycles. The highest BCUT2D eigenvalue weighted by atomic mass is 79.9. The monoisotopic (exact) mass is 351 g/mol. The van der Waals surface area contributed by atoms with Crippen LogP contribution in [0.1, 0.15) is 29.9 Å². The van der Waals surface area contributed by atoms with E-state index in [4.69, 9.17) is 5.11 Å². The number of amides is 1. The molecule has 1 amide bonds. The minimum Gasteiger partial charge on any atom is -0.465 e. The Labute approximate surface area is 122 Å². The molecule has 1 saturated heterocycles. The number of nitrogens with zero attached hydrogens (tertiary/aromatic N) is 1. The molecule has 1 aromatic rings. The largest absolute Gasteiger partial charge is 0.465 e. The van der Waals surface area contributed by atoms with Crippen LogP contribution in [-0.2, 0) is 6.18 Å². The second kappa shape index (κ2) is 5.63. The first kappa shape index (κ1) is 15.2. The zero-order valence-electron chi connectivity index (χ0n) is 10.5. The van der Waals surface area contributed by atoms with Gasteiger partial charge in [-0.3, -0.25) is 0 Å². The maximum Gasteiger partial charge on any atom is 0.416 e. The number of rotatable bonds is 1. The van der Waals surface area contributed by atoms with Crippen molar-refractivity contribution in [1.82, 2.24) is 4.90 Å². The first-order valence-corrected chi connectivity index (χ1v) is 6.93. The van der Waals surface area contributed by atoms with Crippen LogP contribution in [0.15, 0.2) is 22.7 Å². The van der Waals surface area contributed by atoms with Gasteiger partial charge in [0.25, 0.3) is 0 Å². The second-order valence-corrected chi connectivity index (χ2v) is 5.63. The summed E-state index contributed by atoms with van der Waals surface area (Å²) in [6, 6.07) is 3.60. The third-order valence-corrected chi connectivity index (χ3v) is 4.25. The van der Waals surface area contributed by atoms with E-state index in [9.17, 15) is 18.0 Å². The number of alkyl halides is 3. The van der Waals surface area contributed by atoms with Crippen molar-refractivity contribution in [2.75, 3.05) is 13.1 Å². The summed E-state index contributed by atoms with van der Waals surface area (Å²) >= 11 is 3.28. The maximum atomic E-state index is 12.7. The fourth-order valence-electron chi connectivity index (χ4n) is 2.41. The molecular weight excluding hydrogens is 339 g/mol. The molecule has 0 spiro atoms. The summed E-state index contributed by atoms with van der Waals surface area (Å²) in [4.78, 5) is 12.1. The Bertz CT molecular complexity index is 511. The molecule has 20 heavy (non-hydrogen) atoms. The quantitative estimate of drug-likeness (QED) is 0.818. The molecular formula is C13H13BrF3NO2. The highest BCUT2D eigenvalue weighted by Gasteiger charge is 2.32. The minimum absolute atomic E-state index is 0.0534. The SMILES string of the molecule is O=C(O)N1CCC(c2cc(C(F)(F)F)ccc2Br)CC1. The Morgan fingerprint density at radius 2 is 1.90 bits per heavy atom. The van der Waals surface area contributed by atoms with Crippen LogP contribution < -0.4 is 0 Å². The van der Waals surface area contributed by atoms with Crippen molar-refractivity contribution in [2.45, 2.75) is 24.9 Å². The third kappa shape index (κ3) is 3.26. The van der Waals surface area contributed by atoms with E-state index in [-0.39, 0.29) is 5.92 Å². The molecule has 0 atom stereocenters. The summed E-state index contributed by atoms with van der Waals surface area (Å²) in [6.07, 6.45) is -4.28. The molecule has 0 bridgehead atoms. The van der Waals surface area contributed by atoms with Crippen LogP contribution in [0.2, 0.25) is 0 Å². The number of hydrogen-bond acceptors (Lipinski definition) is 1. The lowest BCUT2D eigenvalue weighted by molar-refractivity contribution is -0.137. The molecule has 1 fully saturated rings. The molecule has 0 aliphatic carbocycles. The molecule has 0 unspecified atom stereocenters. The molecule has 1 aromatic carbocycles. The van der Waals surface area contributed by atoms with Crippen molar-refractivity contribution >= 4 is 22.0 Å². The summed E-state index contributed by atoms with van der Waals surface area (Å²) in [5.74, 6) is -0.0534. The van der Waals surface area contributed by atoms with Gasteiger partial charge in [0.2, 0.25) is 0 Å². The van der Waals surface area contributed by atoms with Gasteiger partial charge >= 0.3 is 12.3 Å². The summed E-state index contributed by atoms with van der Waals surface area (Å²) in [7, 11) is 0. The number of carbonyl (C=O) groups is 1. The number of benzene rings is 1. The Morgan fingerprint density at radius 1 is 1.30 bits per heavy atom. The van der Waals surface area contributed by atoms with Crippen molar-refractivity contribution in [2.24, 2.45) is 0 Å². The first-order chi connectivity index (χ1) is 9.29. The van der Waals surface area contributed by atoms with E-state index in [1.54, 1.807) is 0 Å². The molecule has 110 valence electrons. The Kier molecular flexibility index (Phi) is 4.27. The van der Waals surface area contributed by atoms with Gasteiger partial charge in [-0.1, -0.05) is 15.9 Å². The van der Waals surface area contributed by atoms with Gasteiger partial charge in [-0.05, 0) is 42.5 Å². The standard InChI is InChI=1S/C13H13BrF3NO2/c14-11-2-1-9(13(15,16)17)7-10(11)8-3-5-18(6-4-8)12(19)20/h1-2,7-8H,3-6H2,(H,19,20). The average Bonchev–Trinajstić information content (AvgIpc) is 2.38. The van der Waals surface area contributed by atoms with E-state index in [0.29, 0.717) is 36.0 Å². The van der Waals surface area contributed by atoms with Gasteiger partial charge in [-0.2, -0.15) is 13.2 Å². The van der Waals surface area contributed by atoms with Gasteiger partial charge in [0, 0.05) is 17.6 Å². The van der Waals surface area contributed by atoms with Crippen LogP contribution >= 0.6 is 15.9 Å². The van der Waals surface area contributed by atoms with E-state index < -0.39 is 17.8 Å². The van der Waals surface area contributed by atoms with E-state index >= 15 is 0 Å². The minimum atomic E-state index is -4.36. The van der Waals surface area contributed by atoms with E-state index in [1.165, 1.54) is 11.0 Å². The van der Waals surface area contributed by atoms with E-state index in [2.05, 4.69) is 15.9 Å². The van der Waals surface area contributed by atoms with Gasteiger partial charge in [-0.15, -0.1) is 0 Å². The number of hydrogen-bond donors (Lipinski definition) is 1. The number of piperidine rings is 1. The molecule has 1 N–H and O–H groups in total. The van der Waals surface area contributed by atoms with E-state index in [1.807, 2.05) is 0 Å². The fourth-order valence-corrected chi connectivity index (χ4v) is 2.99. The fraction of sp³-hybridized carbons (Fsp3) is 0.462. The number of carboxylic acid groups (broad SMARTS) is 1. The van der Waals surface area contributed by atoms with Crippen LogP contribution in [0.5, 0.6) is 0 Å². The molecule has 2 rings (SSSR count). The summed E-state index contributed by atoms with van der Waals surface area (Å²) < 4.78 is 38.8. The van der Waals surface area contributed by atoms with Gasteiger partial charge in [-0.25, -0.2) is 4.79 Å². The average molecular weight is 352 g/mol. The van der Waals surface area contributed by atoms with Gasteiger partial charge < -0.3 is 10.0 Å². The smallest absolute Gasteiger partial charge is 0.416 e. The molecule has 1 heterocycles. The molecule has 7 heteroatoms. The lowest BCUT2D eigenvalue weighted by Gasteiger charge is -2.31. The normalized spacial score (nSPS) is 17.3. The predicted molar refractivity (Wildman–Crippen MR) is 70.7 cm³/mol. The van der Waals surface area contributed by atoms with Crippen LogP contribution in [0.3, 0.4) is 0 Å². The van der Waals surface area contributed by atoms with Crippen molar-refractivity contribution in [3.05, 3.63) is 33.8 Å². The predicted octanol–water partition coefficient (Wildman–Crippen LogP) is 4.33. The Balaban J connectivity index is 2.19.